The van der Waals surface area contributed by atoms with Crippen LogP contribution in [0, 0.1) is 13.8 Å². The molecule has 0 nitrogen and oxygen atoms in total. The molecule has 2 aromatic rings. The summed E-state index contributed by atoms with van der Waals surface area (Å²) >= 11 is 0. The minimum atomic E-state index is 1.08. The van der Waals surface area contributed by atoms with Gasteiger partial charge in [0.05, 0.1) is 0 Å². The Kier molecular flexibility index (Phi) is 3.99. The van der Waals surface area contributed by atoms with Gasteiger partial charge < -0.3 is 0 Å². The Bertz CT molecular complexity index is 562. The Balaban J connectivity index is 2.33. The van der Waals surface area contributed by atoms with Gasteiger partial charge in [-0.1, -0.05) is 61.5 Å². The molecule has 2 rings (SSSR count). The molecule has 0 unspecified atom stereocenters. The second-order valence-electron chi connectivity index (χ2n) is 4.67. The van der Waals surface area contributed by atoms with E-state index in [2.05, 4.69) is 75.4 Å². The van der Waals surface area contributed by atoms with Crippen molar-refractivity contribution in [1.82, 2.24) is 0 Å². The van der Waals surface area contributed by atoms with Crippen LogP contribution in [-0.2, 0) is 6.42 Å². The van der Waals surface area contributed by atoms with Crippen LogP contribution in [0.15, 0.2) is 42.5 Å². The molecule has 2 aromatic carbocycles. The van der Waals surface area contributed by atoms with Crippen LogP contribution in [0.4, 0.5) is 0 Å². The lowest BCUT2D eigenvalue weighted by molar-refractivity contribution is 1.13. The van der Waals surface area contributed by atoms with Gasteiger partial charge in [-0.05, 0) is 48.1 Å². The molecule has 0 aliphatic rings. The zero-order chi connectivity index (χ0) is 13.0. The van der Waals surface area contributed by atoms with Gasteiger partial charge in [0, 0.05) is 0 Å². The Labute approximate surface area is 110 Å². The van der Waals surface area contributed by atoms with Crippen molar-refractivity contribution in [3.05, 3.63) is 70.3 Å². The summed E-state index contributed by atoms with van der Waals surface area (Å²) in [6.07, 6.45) is 5.52. The first-order valence-corrected chi connectivity index (χ1v) is 6.54. The Morgan fingerprint density at radius 3 is 2.28 bits per heavy atom. The fraction of sp³-hybridized carbons (Fsp3) is 0.222. The van der Waals surface area contributed by atoms with Crippen LogP contribution in [-0.4, -0.2) is 0 Å². The van der Waals surface area contributed by atoms with Crippen molar-refractivity contribution in [3.63, 3.8) is 0 Å². The van der Waals surface area contributed by atoms with Gasteiger partial charge in [0.15, 0.2) is 0 Å². The molecule has 0 atom stereocenters. The summed E-state index contributed by atoms with van der Waals surface area (Å²) in [7, 11) is 0. The average molecular weight is 236 g/mol. The molecule has 18 heavy (non-hydrogen) atoms. The summed E-state index contributed by atoms with van der Waals surface area (Å²) in [5, 5.41) is 0. The maximum absolute atomic E-state index is 2.22. The van der Waals surface area contributed by atoms with Crippen LogP contribution in [0.5, 0.6) is 0 Å². The third-order valence-corrected chi connectivity index (χ3v) is 3.52. The Morgan fingerprint density at radius 2 is 1.50 bits per heavy atom. The number of benzene rings is 2. The molecular formula is C18H20. The summed E-state index contributed by atoms with van der Waals surface area (Å²) in [6, 6.07) is 15.0. The molecule has 0 heteroatoms. The van der Waals surface area contributed by atoms with Crippen LogP contribution in [0.25, 0.3) is 12.2 Å². The van der Waals surface area contributed by atoms with Crippen LogP contribution in [0.1, 0.15) is 34.7 Å². The van der Waals surface area contributed by atoms with E-state index in [0.717, 1.165) is 6.42 Å². The zero-order valence-electron chi connectivity index (χ0n) is 11.4. The minimum absolute atomic E-state index is 1.08. The first-order valence-electron chi connectivity index (χ1n) is 6.54. The van der Waals surface area contributed by atoms with Crippen molar-refractivity contribution < 1.29 is 0 Å². The molecule has 0 N–H and O–H groups in total. The molecule has 0 radical (unpaired) electrons. The average Bonchev–Trinajstić information content (AvgIpc) is 2.41. The predicted octanol–water partition coefficient (Wildman–Crippen LogP) is 5.04. The maximum atomic E-state index is 2.22. The maximum Gasteiger partial charge on any atom is -0.0224 e. The summed E-state index contributed by atoms with van der Waals surface area (Å²) in [6.45, 7) is 6.54. The van der Waals surface area contributed by atoms with Crippen molar-refractivity contribution in [3.8, 4) is 0 Å². The van der Waals surface area contributed by atoms with Gasteiger partial charge in [-0.2, -0.15) is 0 Å². The highest BCUT2D eigenvalue weighted by atomic mass is 14.0. The highest BCUT2D eigenvalue weighted by molar-refractivity contribution is 5.72. The smallest absolute Gasteiger partial charge is 0.0224 e. The number of rotatable bonds is 3. The van der Waals surface area contributed by atoms with E-state index >= 15 is 0 Å². The number of hydrogen-bond donors (Lipinski definition) is 0. The van der Waals surface area contributed by atoms with E-state index in [4.69, 9.17) is 0 Å². The highest BCUT2D eigenvalue weighted by Gasteiger charge is 1.98. The minimum Gasteiger partial charge on any atom is -0.0620 e. The molecule has 0 aromatic heterocycles. The lowest BCUT2D eigenvalue weighted by Gasteiger charge is -2.05. The van der Waals surface area contributed by atoms with E-state index < -0.39 is 0 Å². The van der Waals surface area contributed by atoms with E-state index in [1.54, 1.807) is 0 Å². The highest BCUT2D eigenvalue weighted by Crippen LogP contribution is 2.17. The molecule has 0 bridgehead atoms. The number of hydrogen-bond acceptors (Lipinski definition) is 0. The van der Waals surface area contributed by atoms with Gasteiger partial charge in [0.25, 0.3) is 0 Å². The van der Waals surface area contributed by atoms with Gasteiger partial charge in [0.1, 0.15) is 0 Å². The molecule has 0 heterocycles. The lowest BCUT2D eigenvalue weighted by atomic mass is 10.0. The number of aryl methyl sites for hydroxylation is 2. The normalized spacial score (nSPS) is 11.1. The van der Waals surface area contributed by atoms with Crippen molar-refractivity contribution in [1.29, 1.82) is 0 Å². The molecule has 0 spiro atoms. The van der Waals surface area contributed by atoms with Crippen LogP contribution in [0.2, 0.25) is 0 Å². The molecule has 0 saturated carbocycles. The quantitative estimate of drug-likeness (QED) is 0.655. The predicted molar refractivity (Wildman–Crippen MR) is 80.7 cm³/mol. The van der Waals surface area contributed by atoms with E-state index in [1.165, 1.54) is 27.8 Å². The second kappa shape index (κ2) is 5.68. The standard InChI is InChI=1S/C18H20/c1-4-16-9-5-6-10-18(16)13-12-17-11-7-8-14(2)15(17)3/h5-13H,4H2,1-3H3/b13-12+. The second-order valence-corrected chi connectivity index (χ2v) is 4.67. The van der Waals surface area contributed by atoms with E-state index in [-0.39, 0.29) is 0 Å². The fourth-order valence-corrected chi connectivity index (χ4v) is 2.15. The molecule has 92 valence electrons. The topological polar surface area (TPSA) is 0 Å². The lowest BCUT2D eigenvalue weighted by Crippen LogP contribution is -1.86. The van der Waals surface area contributed by atoms with Crippen LogP contribution in [0.3, 0.4) is 0 Å². The first kappa shape index (κ1) is 12.6. The summed E-state index contributed by atoms with van der Waals surface area (Å²) in [5.41, 5.74) is 6.74. The molecule has 0 fully saturated rings. The fourth-order valence-electron chi connectivity index (χ4n) is 2.15. The van der Waals surface area contributed by atoms with Crippen molar-refractivity contribution in [2.45, 2.75) is 27.2 Å². The molecule has 0 aliphatic heterocycles. The van der Waals surface area contributed by atoms with Gasteiger partial charge in [-0.15, -0.1) is 0 Å². The summed E-state index contributed by atoms with van der Waals surface area (Å²) in [5.74, 6) is 0. The largest absolute Gasteiger partial charge is 0.0620 e. The van der Waals surface area contributed by atoms with E-state index in [1.807, 2.05) is 0 Å². The van der Waals surface area contributed by atoms with Gasteiger partial charge in [-0.3, -0.25) is 0 Å². The van der Waals surface area contributed by atoms with E-state index in [0.29, 0.717) is 0 Å². The summed E-state index contributed by atoms with van der Waals surface area (Å²) in [4.78, 5) is 0. The summed E-state index contributed by atoms with van der Waals surface area (Å²) < 4.78 is 0. The monoisotopic (exact) mass is 236 g/mol. The van der Waals surface area contributed by atoms with Gasteiger partial charge in [0.2, 0.25) is 0 Å². The van der Waals surface area contributed by atoms with Crippen molar-refractivity contribution >= 4 is 12.2 Å². The molecule has 0 amide bonds. The van der Waals surface area contributed by atoms with Crippen LogP contribution >= 0.6 is 0 Å². The molecule has 0 saturated heterocycles. The SMILES string of the molecule is CCc1ccccc1/C=C/c1cccc(C)c1C. The van der Waals surface area contributed by atoms with Gasteiger partial charge >= 0.3 is 0 Å². The Hall–Kier alpha value is -1.82. The third kappa shape index (κ3) is 2.70. The van der Waals surface area contributed by atoms with Crippen LogP contribution < -0.4 is 0 Å². The Morgan fingerprint density at radius 1 is 0.833 bits per heavy atom. The van der Waals surface area contributed by atoms with E-state index in [9.17, 15) is 0 Å². The third-order valence-electron chi connectivity index (χ3n) is 3.52. The van der Waals surface area contributed by atoms with Crippen molar-refractivity contribution in [2.75, 3.05) is 0 Å². The molecular weight excluding hydrogens is 216 g/mol. The first-order chi connectivity index (χ1) is 8.72. The van der Waals surface area contributed by atoms with Crippen molar-refractivity contribution in [2.24, 2.45) is 0 Å². The molecule has 0 aliphatic carbocycles. The zero-order valence-corrected chi connectivity index (χ0v) is 11.4. The van der Waals surface area contributed by atoms with Gasteiger partial charge in [-0.25, -0.2) is 0 Å².